The molecule has 2 amide bonds. The van der Waals surface area contributed by atoms with Gasteiger partial charge in [-0.3, -0.25) is 4.79 Å². The molecule has 0 bridgehead atoms. The minimum Gasteiger partial charge on any atom is -0.493 e. The third-order valence-corrected chi connectivity index (χ3v) is 8.01. The molecule has 5 rings (SSSR count). The molecule has 5 aromatic rings. The second-order valence-corrected chi connectivity index (χ2v) is 12.3. The monoisotopic (exact) mass is 672 g/mol. The third-order valence-electron chi connectivity index (χ3n) is 8.01. The smallest absolute Gasteiger partial charge is 0.382 e. The summed E-state index contributed by atoms with van der Waals surface area (Å²) in [5.41, 5.74) is 3.69. The lowest BCUT2D eigenvalue weighted by atomic mass is 9.96. The fourth-order valence-corrected chi connectivity index (χ4v) is 5.55. The van der Waals surface area contributed by atoms with Crippen LogP contribution in [0.15, 0.2) is 121 Å². The van der Waals surface area contributed by atoms with Crippen LogP contribution >= 0.6 is 0 Å². The van der Waals surface area contributed by atoms with Crippen molar-refractivity contribution in [3.05, 3.63) is 132 Å². The number of esters is 2. The Hall–Kier alpha value is -5.96. The van der Waals surface area contributed by atoms with E-state index in [1.807, 2.05) is 86.6 Å². The van der Waals surface area contributed by atoms with E-state index in [0.29, 0.717) is 0 Å². The first-order valence-corrected chi connectivity index (χ1v) is 16.4. The van der Waals surface area contributed by atoms with E-state index in [-0.39, 0.29) is 37.0 Å². The van der Waals surface area contributed by atoms with E-state index in [4.69, 9.17) is 14.2 Å². The average molecular weight is 673 g/mol. The number of carbonyl (C=O) groups is 4. The second-order valence-electron chi connectivity index (χ2n) is 12.3. The van der Waals surface area contributed by atoms with Crippen LogP contribution in [-0.2, 0) is 32.1 Å². The van der Waals surface area contributed by atoms with E-state index in [1.165, 1.54) is 18.1 Å². The molecule has 0 radical (unpaired) electrons. The molecule has 1 N–H and O–H groups in total. The highest BCUT2D eigenvalue weighted by atomic mass is 16.6. The van der Waals surface area contributed by atoms with Gasteiger partial charge in [-0.1, -0.05) is 123 Å². The number of nitrogens with zero attached hydrogens (tertiary/aromatic N) is 1. The summed E-state index contributed by atoms with van der Waals surface area (Å²) < 4.78 is 16.1. The zero-order chi connectivity index (χ0) is 35.5. The van der Waals surface area contributed by atoms with Gasteiger partial charge in [0.1, 0.15) is 12.6 Å². The standard InChI is InChI=1S/C41H40N2O7/c1-28(2)25-43(26-36(44)40(46)50-38-19-10-9-18-37(38)48-3)41(47)42-35(39(45)49-27-30-12-5-4-6-13-30)24-29-20-22-32(23-21-29)34-17-11-15-31-14-7-8-16-33(31)34/h4-23,28,35H,24-27H2,1-3H3,(H,42,47)/t35-/m0/s1. The van der Waals surface area contributed by atoms with Gasteiger partial charge >= 0.3 is 18.0 Å². The van der Waals surface area contributed by atoms with Crippen molar-refractivity contribution in [1.82, 2.24) is 10.2 Å². The molecular formula is C41H40N2O7. The molecule has 256 valence electrons. The number of para-hydroxylation sites is 2. The highest BCUT2D eigenvalue weighted by Crippen LogP contribution is 2.29. The van der Waals surface area contributed by atoms with Crippen molar-refractivity contribution in [2.24, 2.45) is 5.92 Å². The molecule has 9 nitrogen and oxygen atoms in total. The number of methoxy groups -OCH3 is 1. The number of Topliss-reactive ketones (excluding diaryl/α,β-unsaturated/α-hetero) is 1. The van der Waals surface area contributed by atoms with E-state index < -0.39 is 36.3 Å². The van der Waals surface area contributed by atoms with Crippen LogP contribution in [0, 0.1) is 5.92 Å². The van der Waals surface area contributed by atoms with Gasteiger partial charge in [-0.05, 0) is 51.1 Å². The zero-order valence-corrected chi connectivity index (χ0v) is 28.3. The highest BCUT2D eigenvalue weighted by molar-refractivity contribution is 6.35. The van der Waals surface area contributed by atoms with E-state index in [1.54, 1.807) is 18.2 Å². The molecule has 0 aromatic heterocycles. The first-order chi connectivity index (χ1) is 24.2. The van der Waals surface area contributed by atoms with Crippen molar-refractivity contribution in [3.63, 3.8) is 0 Å². The molecule has 1 atom stereocenters. The van der Waals surface area contributed by atoms with Gasteiger partial charge in [-0.15, -0.1) is 0 Å². The lowest BCUT2D eigenvalue weighted by Gasteiger charge is -2.26. The second kappa shape index (κ2) is 16.9. The largest absolute Gasteiger partial charge is 0.493 e. The van der Waals surface area contributed by atoms with Crippen molar-refractivity contribution in [3.8, 4) is 22.6 Å². The number of fused-ring (bicyclic) bond motifs is 1. The van der Waals surface area contributed by atoms with Gasteiger partial charge in [0.15, 0.2) is 11.5 Å². The molecule has 0 saturated carbocycles. The third kappa shape index (κ3) is 9.35. The number of hydrogen-bond donors (Lipinski definition) is 1. The van der Waals surface area contributed by atoms with Gasteiger partial charge < -0.3 is 24.4 Å². The molecule has 0 aliphatic rings. The SMILES string of the molecule is COc1ccccc1OC(=O)C(=O)CN(CC(C)C)C(=O)N[C@@H](Cc1ccc(-c2cccc3ccccc23)cc1)C(=O)OCc1ccccc1. The molecule has 9 heteroatoms. The van der Waals surface area contributed by atoms with E-state index in [0.717, 1.165) is 33.0 Å². The summed E-state index contributed by atoms with van der Waals surface area (Å²) in [4.78, 5) is 54.2. The topological polar surface area (TPSA) is 111 Å². The Kier molecular flexibility index (Phi) is 12.0. The molecule has 0 saturated heterocycles. The predicted octanol–water partition coefficient (Wildman–Crippen LogP) is 7.01. The van der Waals surface area contributed by atoms with Crippen LogP contribution in [0.2, 0.25) is 0 Å². The van der Waals surface area contributed by atoms with Crippen LogP contribution in [0.25, 0.3) is 21.9 Å². The van der Waals surface area contributed by atoms with Crippen LogP contribution < -0.4 is 14.8 Å². The molecule has 50 heavy (non-hydrogen) atoms. The van der Waals surface area contributed by atoms with Crippen molar-refractivity contribution in [2.75, 3.05) is 20.2 Å². The molecule has 0 unspecified atom stereocenters. The number of hydrogen-bond acceptors (Lipinski definition) is 7. The number of amides is 2. The zero-order valence-electron chi connectivity index (χ0n) is 28.3. The van der Waals surface area contributed by atoms with E-state index in [2.05, 4.69) is 29.6 Å². The Morgan fingerprint density at radius 3 is 2.10 bits per heavy atom. The molecule has 0 fully saturated rings. The van der Waals surface area contributed by atoms with Crippen molar-refractivity contribution in [2.45, 2.75) is 32.9 Å². The Balaban J connectivity index is 1.33. The van der Waals surface area contributed by atoms with E-state index in [9.17, 15) is 19.2 Å². The number of benzene rings is 5. The number of rotatable bonds is 14. The van der Waals surface area contributed by atoms with Gasteiger partial charge in [0.2, 0.25) is 0 Å². The number of ketones is 1. The minimum atomic E-state index is -1.14. The molecular weight excluding hydrogens is 632 g/mol. The van der Waals surface area contributed by atoms with E-state index >= 15 is 0 Å². The molecule has 0 spiro atoms. The fourth-order valence-electron chi connectivity index (χ4n) is 5.55. The minimum absolute atomic E-state index is 0.0229. The quantitative estimate of drug-likeness (QED) is 0.0768. The van der Waals surface area contributed by atoms with Crippen LogP contribution in [0.1, 0.15) is 25.0 Å². The summed E-state index contributed by atoms with van der Waals surface area (Å²) in [7, 11) is 1.42. The normalized spacial score (nSPS) is 11.4. The molecule has 5 aromatic carbocycles. The summed E-state index contributed by atoms with van der Waals surface area (Å²) in [6, 6.07) is 36.1. The maximum Gasteiger partial charge on any atom is 0.382 e. The first-order valence-electron chi connectivity index (χ1n) is 16.4. The lowest BCUT2D eigenvalue weighted by Crippen LogP contribution is -2.52. The lowest BCUT2D eigenvalue weighted by molar-refractivity contribution is -0.148. The van der Waals surface area contributed by atoms with Crippen molar-refractivity contribution < 1.29 is 33.4 Å². The molecule has 0 heterocycles. The van der Waals surface area contributed by atoms with Gasteiger partial charge in [-0.25, -0.2) is 14.4 Å². The highest BCUT2D eigenvalue weighted by Gasteiger charge is 2.29. The first kappa shape index (κ1) is 35.3. The summed E-state index contributed by atoms with van der Waals surface area (Å²) in [6.07, 6.45) is 0.133. The van der Waals surface area contributed by atoms with Gasteiger partial charge in [0, 0.05) is 13.0 Å². The summed E-state index contributed by atoms with van der Waals surface area (Å²) in [5, 5.41) is 5.04. The maximum atomic E-state index is 13.7. The predicted molar refractivity (Wildman–Crippen MR) is 192 cm³/mol. The van der Waals surface area contributed by atoms with Crippen LogP contribution in [-0.4, -0.2) is 54.9 Å². The molecule has 0 aliphatic carbocycles. The Bertz CT molecular complexity index is 1940. The van der Waals surface area contributed by atoms with Crippen LogP contribution in [0.4, 0.5) is 4.79 Å². The van der Waals surface area contributed by atoms with Gasteiger partial charge in [0.05, 0.1) is 13.7 Å². The van der Waals surface area contributed by atoms with Crippen molar-refractivity contribution >= 4 is 34.5 Å². The van der Waals surface area contributed by atoms with Gasteiger partial charge in [-0.2, -0.15) is 0 Å². The van der Waals surface area contributed by atoms with Crippen molar-refractivity contribution in [1.29, 1.82) is 0 Å². The summed E-state index contributed by atoms with van der Waals surface area (Å²) >= 11 is 0. The average Bonchev–Trinajstić information content (AvgIpc) is 3.13. The fraction of sp³-hybridized carbons (Fsp3) is 0.220. The summed E-state index contributed by atoms with van der Waals surface area (Å²) in [5.74, 6) is -2.39. The number of ether oxygens (including phenoxy) is 3. The Morgan fingerprint density at radius 2 is 1.38 bits per heavy atom. The Morgan fingerprint density at radius 1 is 0.720 bits per heavy atom. The summed E-state index contributed by atoms with van der Waals surface area (Å²) in [6.45, 7) is 3.37. The number of carbonyl (C=O) groups excluding carboxylic acids is 4. The van der Waals surface area contributed by atoms with Crippen LogP contribution in [0.3, 0.4) is 0 Å². The van der Waals surface area contributed by atoms with Crippen LogP contribution in [0.5, 0.6) is 11.5 Å². The molecule has 0 aliphatic heterocycles. The van der Waals surface area contributed by atoms with Gasteiger partial charge in [0.25, 0.3) is 5.78 Å². The maximum absolute atomic E-state index is 13.7. The number of nitrogens with one attached hydrogen (secondary N) is 1. The Labute approximate surface area is 291 Å². The number of urea groups is 1.